The maximum Gasteiger partial charge on any atom is 0.257 e. The molecule has 0 aliphatic rings. The molecular formula is C15H15N3O2. The van der Waals surface area contributed by atoms with Crippen molar-refractivity contribution in [2.45, 2.75) is 13.8 Å². The maximum absolute atomic E-state index is 12.2. The molecule has 0 fully saturated rings. The van der Waals surface area contributed by atoms with E-state index in [1.807, 2.05) is 13.0 Å². The number of anilines is 2. The van der Waals surface area contributed by atoms with Crippen molar-refractivity contribution in [1.29, 1.82) is 0 Å². The van der Waals surface area contributed by atoms with E-state index in [9.17, 15) is 9.59 Å². The van der Waals surface area contributed by atoms with Crippen LogP contribution in [0, 0.1) is 6.92 Å². The molecule has 0 radical (unpaired) electrons. The highest BCUT2D eigenvalue weighted by Crippen LogP contribution is 2.17. The van der Waals surface area contributed by atoms with Gasteiger partial charge in [-0.05, 0) is 31.2 Å². The zero-order valence-corrected chi connectivity index (χ0v) is 11.3. The molecule has 2 N–H and O–H groups in total. The largest absolute Gasteiger partial charge is 0.326 e. The molecule has 2 amide bonds. The topological polar surface area (TPSA) is 71.1 Å². The van der Waals surface area contributed by atoms with Crippen molar-refractivity contribution < 1.29 is 9.59 Å². The second-order valence-corrected chi connectivity index (χ2v) is 4.37. The summed E-state index contributed by atoms with van der Waals surface area (Å²) >= 11 is 0. The maximum atomic E-state index is 12.2. The quantitative estimate of drug-likeness (QED) is 0.899. The van der Waals surface area contributed by atoms with Gasteiger partial charge < -0.3 is 10.6 Å². The zero-order valence-electron chi connectivity index (χ0n) is 11.3. The number of para-hydroxylation sites is 1. The van der Waals surface area contributed by atoms with Crippen LogP contribution in [0.5, 0.6) is 0 Å². The van der Waals surface area contributed by atoms with E-state index in [2.05, 4.69) is 15.6 Å². The first-order valence-electron chi connectivity index (χ1n) is 6.17. The first kappa shape index (κ1) is 13.7. The molecule has 20 heavy (non-hydrogen) atoms. The second-order valence-electron chi connectivity index (χ2n) is 4.37. The van der Waals surface area contributed by atoms with Crippen molar-refractivity contribution in [2.24, 2.45) is 0 Å². The number of benzene rings is 1. The van der Waals surface area contributed by atoms with E-state index in [4.69, 9.17) is 0 Å². The predicted molar refractivity (Wildman–Crippen MR) is 77.7 cm³/mol. The molecule has 2 rings (SSSR count). The summed E-state index contributed by atoms with van der Waals surface area (Å²) in [6, 6.07) is 10.4. The molecule has 0 atom stereocenters. The number of carbonyl (C=O) groups is 2. The van der Waals surface area contributed by atoms with Gasteiger partial charge in [-0.3, -0.25) is 14.6 Å². The molecule has 0 unspecified atom stereocenters. The molecule has 0 spiro atoms. The number of rotatable bonds is 3. The van der Waals surface area contributed by atoms with E-state index in [1.54, 1.807) is 36.5 Å². The van der Waals surface area contributed by atoms with E-state index < -0.39 is 0 Å². The summed E-state index contributed by atoms with van der Waals surface area (Å²) in [6.07, 6.45) is 1.59. The smallest absolute Gasteiger partial charge is 0.257 e. The van der Waals surface area contributed by atoms with E-state index >= 15 is 0 Å². The first-order valence-corrected chi connectivity index (χ1v) is 6.17. The lowest BCUT2D eigenvalue weighted by Gasteiger charge is -2.10. The minimum Gasteiger partial charge on any atom is -0.326 e. The second kappa shape index (κ2) is 5.97. The molecule has 0 saturated carbocycles. The number of nitrogens with one attached hydrogen (secondary N) is 2. The molecule has 5 nitrogen and oxygen atoms in total. The Morgan fingerprint density at radius 1 is 1.05 bits per heavy atom. The highest BCUT2D eigenvalue weighted by Gasteiger charge is 2.11. The number of nitrogens with zero attached hydrogens (tertiary/aromatic N) is 1. The third-order valence-electron chi connectivity index (χ3n) is 2.65. The molecule has 1 aromatic carbocycles. The monoisotopic (exact) mass is 269 g/mol. The fourth-order valence-electron chi connectivity index (χ4n) is 1.72. The molecule has 0 bridgehead atoms. The normalized spacial score (nSPS) is 9.90. The Hall–Kier alpha value is -2.69. The average molecular weight is 269 g/mol. The van der Waals surface area contributed by atoms with Gasteiger partial charge in [-0.2, -0.15) is 0 Å². The minimum absolute atomic E-state index is 0.220. The summed E-state index contributed by atoms with van der Waals surface area (Å²) in [5.74, 6) is -0.512. The number of aryl methyl sites for hydroxylation is 1. The molecule has 5 heteroatoms. The van der Waals surface area contributed by atoms with Crippen LogP contribution in [0.15, 0.2) is 42.6 Å². The van der Waals surface area contributed by atoms with Crippen LogP contribution in [-0.4, -0.2) is 16.8 Å². The summed E-state index contributed by atoms with van der Waals surface area (Å²) in [5, 5.41) is 5.38. The number of carbonyl (C=O) groups excluding carboxylic acids is 2. The van der Waals surface area contributed by atoms with Gasteiger partial charge in [-0.15, -0.1) is 0 Å². The van der Waals surface area contributed by atoms with Gasteiger partial charge in [0.2, 0.25) is 5.91 Å². The van der Waals surface area contributed by atoms with Crippen LogP contribution in [0.1, 0.15) is 23.0 Å². The highest BCUT2D eigenvalue weighted by molar-refractivity contribution is 6.09. The van der Waals surface area contributed by atoms with Crippen molar-refractivity contribution >= 4 is 23.2 Å². The van der Waals surface area contributed by atoms with Gasteiger partial charge in [0, 0.05) is 12.6 Å². The Morgan fingerprint density at radius 2 is 1.80 bits per heavy atom. The van der Waals surface area contributed by atoms with Gasteiger partial charge in [0.25, 0.3) is 5.91 Å². The lowest BCUT2D eigenvalue weighted by Crippen LogP contribution is -2.16. The van der Waals surface area contributed by atoms with Crippen molar-refractivity contribution in [2.75, 3.05) is 10.6 Å². The van der Waals surface area contributed by atoms with Gasteiger partial charge in [0.05, 0.1) is 23.1 Å². The Balaban J connectivity index is 2.20. The van der Waals surface area contributed by atoms with Crippen LogP contribution in [0.25, 0.3) is 0 Å². The van der Waals surface area contributed by atoms with Crippen LogP contribution in [0.4, 0.5) is 11.4 Å². The minimum atomic E-state index is -0.292. The zero-order chi connectivity index (χ0) is 14.5. The number of hydrogen-bond acceptors (Lipinski definition) is 3. The average Bonchev–Trinajstić information content (AvgIpc) is 2.41. The molecule has 2 aromatic rings. The lowest BCUT2D eigenvalue weighted by atomic mass is 10.1. The van der Waals surface area contributed by atoms with Crippen molar-refractivity contribution in [1.82, 2.24) is 4.98 Å². The summed E-state index contributed by atoms with van der Waals surface area (Å²) in [6.45, 7) is 3.27. The molecule has 0 saturated heterocycles. The highest BCUT2D eigenvalue weighted by atomic mass is 16.2. The number of hydrogen-bond donors (Lipinski definition) is 2. The van der Waals surface area contributed by atoms with E-state index in [-0.39, 0.29) is 11.8 Å². The van der Waals surface area contributed by atoms with Crippen LogP contribution >= 0.6 is 0 Å². The fraction of sp³-hybridized carbons (Fsp3) is 0.133. The van der Waals surface area contributed by atoms with Crippen molar-refractivity contribution in [3.05, 3.63) is 53.9 Å². The van der Waals surface area contributed by atoms with Crippen LogP contribution in [-0.2, 0) is 4.79 Å². The fourth-order valence-corrected chi connectivity index (χ4v) is 1.72. The van der Waals surface area contributed by atoms with Gasteiger partial charge in [-0.1, -0.05) is 12.1 Å². The Kier molecular flexibility index (Phi) is 4.10. The molecule has 1 aromatic heterocycles. The summed E-state index contributed by atoms with van der Waals surface area (Å²) in [5.41, 5.74) is 2.38. The third kappa shape index (κ3) is 3.41. The van der Waals surface area contributed by atoms with Gasteiger partial charge in [0.1, 0.15) is 0 Å². The Morgan fingerprint density at radius 3 is 2.45 bits per heavy atom. The summed E-state index contributed by atoms with van der Waals surface area (Å²) in [4.78, 5) is 27.5. The van der Waals surface area contributed by atoms with Gasteiger partial charge >= 0.3 is 0 Å². The van der Waals surface area contributed by atoms with E-state index in [0.717, 1.165) is 5.69 Å². The van der Waals surface area contributed by atoms with Gasteiger partial charge in [-0.25, -0.2) is 0 Å². The van der Waals surface area contributed by atoms with Crippen LogP contribution < -0.4 is 10.6 Å². The van der Waals surface area contributed by atoms with Crippen molar-refractivity contribution in [3.8, 4) is 0 Å². The van der Waals surface area contributed by atoms with Crippen LogP contribution in [0.2, 0.25) is 0 Å². The SMILES string of the molecule is CC(=O)Nc1ccccc1C(=O)Nc1ccc(C)nc1. The first-order chi connectivity index (χ1) is 9.56. The molecular weight excluding hydrogens is 254 g/mol. The van der Waals surface area contributed by atoms with E-state index in [0.29, 0.717) is 16.9 Å². The molecule has 0 aliphatic heterocycles. The lowest BCUT2D eigenvalue weighted by molar-refractivity contribution is -0.114. The number of amides is 2. The molecule has 0 aliphatic carbocycles. The van der Waals surface area contributed by atoms with Crippen LogP contribution in [0.3, 0.4) is 0 Å². The predicted octanol–water partition coefficient (Wildman–Crippen LogP) is 2.60. The Bertz CT molecular complexity index is 636. The van der Waals surface area contributed by atoms with Gasteiger partial charge in [0.15, 0.2) is 0 Å². The standard InChI is InChI=1S/C15H15N3O2/c1-10-7-8-12(9-16-10)18-15(20)13-5-3-4-6-14(13)17-11(2)19/h3-9H,1-2H3,(H,17,19)(H,18,20). The van der Waals surface area contributed by atoms with Crippen molar-refractivity contribution in [3.63, 3.8) is 0 Å². The molecule has 102 valence electrons. The Labute approximate surface area is 117 Å². The summed E-state index contributed by atoms with van der Waals surface area (Å²) < 4.78 is 0. The summed E-state index contributed by atoms with van der Waals surface area (Å²) in [7, 11) is 0. The molecule has 1 heterocycles. The number of pyridine rings is 1. The third-order valence-corrected chi connectivity index (χ3v) is 2.65. The van der Waals surface area contributed by atoms with E-state index in [1.165, 1.54) is 6.92 Å². The number of aromatic nitrogens is 1.